The molecule has 1 aliphatic heterocycles. The van der Waals surface area contributed by atoms with Gasteiger partial charge in [-0.15, -0.1) is 0 Å². The van der Waals surface area contributed by atoms with Crippen molar-refractivity contribution in [2.24, 2.45) is 0 Å². The number of hydrogen-bond donors (Lipinski definition) is 1. The number of furan rings is 1. The molecule has 2 heterocycles. The molecule has 1 aromatic heterocycles. The van der Waals surface area contributed by atoms with Gasteiger partial charge in [-0.05, 0) is 56.2 Å². The lowest BCUT2D eigenvalue weighted by atomic mass is 10.3. The smallest absolute Gasteiger partial charge is 0.243 e. The molecule has 0 saturated carbocycles. The van der Waals surface area contributed by atoms with Crippen LogP contribution in [-0.4, -0.2) is 31.7 Å². The van der Waals surface area contributed by atoms with Crippen molar-refractivity contribution >= 4 is 21.6 Å². The molecule has 1 N–H and O–H groups in total. The Bertz CT molecular complexity index is 819. The highest BCUT2D eigenvalue weighted by molar-refractivity contribution is 7.89. The zero-order valence-corrected chi connectivity index (χ0v) is 14.3. The van der Waals surface area contributed by atoms with Crippen LogP contribution < -0.4 is 5.32 Å². The molecule has 7 heteroatoms. The van der Waals surface area contributed by atoms with Gasteiger partial charge in [-0.1, -0.05) is 0 Å². The summed E-state index contributed by atoms with van der Waals surface area (Å²) < 4.78 is 31.7. The number of anilines is 1. The second kappa shape index (κ2) is 6.78. The van der Waals surface area contributed by atoms with Crippen LogP contribution in [0.5, 0.6) is 0 Å². The number of aryl methyl sites for hydroxylation is 1. The Hall–Kier alpha value is -2.12. The predicted molar refractivity (Wildman–Crippen MR) is 90.2 cm³/mol. The molecule has 2 aromatic rings. The molecule has 0 spiro atoms. The molecule has 128 valence electrons. The molecule has 3 rings (SSSR count). The molecule has 1 aromatic carbocycles. The van der Waals surface area contributed by atoms with Gasteiger partial charge in [-0.3, -0.25) is 4.79 Å². The molecule has 24 heavy (non-hydrogen) atoms. The summed E-state index contributed by atoms with van der Waals surface area (Å²) in [5.74, 6) is 1.15. The molecule has 0 bridgehead atoms. The first-order chi connectivity index (χ1) is 11.4. The van der Waals surface area contributed by atoms with E-state index in [2.05, 4.69) is 5.32 Å². The second-order valence-electron chi connectivity index (χ2n) is 5.87. The summed E-state index contributed by atoms with van der Waals surface area (Å²) >= 11 is 0. The summed E-state index contributed by atoms with van der Waals surface area (Å²) in [5.41, 5.74) is 0.559. The van der Waals surface area contributed by atoms with Crippen LogP contribution in [0.3, 0.4) is 0 Å². The van der Waals surface area contributed by atoms with Crippen molar-refractivity contribution in [1.29, 1.82) is 0 Å². The maximum Gasteiger partial charge on any atom is 0.243 e. The topological polar surface area (TPSA) is 79.6 Å². The average Bonchev–Trinajstić information content (AvgIpc) is 3.20. The Morgan fingerprint density at radius 1 is 1.12 bits per heavy atom. The van der Waals surface area contributed by atoms with E-state index in [0.29, 0.717) is 24.5 Å². The van der Waals surface area contributed by atoms with Gasteiger partial charge in [0, 0.05) is 18.8 Å². The number of rotatable bonds is 5. The van der Waals surface area contributed by atoms with Gasteiger partial charge < -0.3 is 9.73 Å². The molecule has 1 amide bonds. The summed E-state index contributed by atoms with van der Waals surface area (Å²) in [6.07, 6.45) is 1.95. The second-order valence-corrected chi connectivity index (χ2v) is 7.81. The minimum atomic E-state index is -3.42. The van der Waals surface area contributed by atoms with Gasteiger partial charge >= 0.3 is 0 Å². The SMILES string of the molecule is Cc1ccc(CC(=O)Nc2ccc(S(=O)(=O)N3CCCC3)cc2)o1. The lowest BCUT2D eigenvalue weighted by Crippen LogP contribution is -2.27. The first kappa shape index (κ1) is 16.7. The van der Waals surface area contributed by atoms with Crippen LogP contribution in [-0.2, 0) is 21.2 Å². The number of benzene rings is 1. The van der Waals surface area contributed by atoms with Crippen molar-refractivity contribution in [3.8, 4) is 0 Å². The number of carbonyl (C=O) groups is 1. The molecule has 1 fully saturated rings. The van der Waals surface area contributed by atoms with Gasteiger partial charge in [-0.2, -0.15) is 4.31 Å². The van der Waals surface area contributed by atoms with Crippen molar-refractivity contribution in [1.82, 2.24) is 4.31 Å². The maximum absolute atomic E-state index is 12.4. The van der Waals surface area contributed by atoms with Crippen LogP contribution in [0.2, 0.25) is 0 Å². The van der Waals surface area contributed by atoms with E-state index in [1.165, 1.54) is 16.4 Å². The van der Waals surface area contributed by atoms with E-state index in [4.69, 9.17) is 4.42 Å². The molecular weight excluding hydrogens is 328 g/mol. The lowest BCUT2D eigenvalue weighted by Gasteiger charge is -2.15. The summed E-state index contributed by atoms with van der Waals surface area (Å²) in [6.45, 7) is 2.97. The van der Waals surface area contributed by atoms with Crippen LogP contribution in [0.15, 0.2) is 45.7 Å². The normalized spacial score (nSPS) is 15.5. The zero-order valence-electron chi connectivity index (χ0n) is 13.5. The quantitative estimate of drug-likeness (QED) is 0.900. The summed E-state index contributed by atoms with van der Waals surface area (Å²) in [4.78, 5) is 12.2. The third kappa shape index (κ3) is 3.68. The van der Waals surface area contributed by atoms with E-state index in [1.54, 1.807) is 24.3 Å². The van der Waals surface area contributed by atoms with Gasteiger partial charge in [0.2, 0.25) is 15.9 Å². The highest BCUT2D eigenvalue weighted by Crippen LogP contribution is 2.22. The zero-order chi connectivity index (χ0) is 17.2. The van der Waals surface area contributed by atoms with E-state index in [9.17, 15) is 13.2 Å². The first-order valence-corrected chi connectivity index (χ1v) is 9.34. The Balaban J connectivity index is 1.65. The fraction of sp³-hybridized carbons (Fsp3) is 0.353. The minimum absolute atomic E-state index is 0.141. The van der Waals surface area contributed by atoms with Gasteiger partial charge in [0.1, 0.15) is 11.5 Å². The lowest BCUT2D eigenvalue weighted by molar-refractivity contribution is -0.115. The van der Waals surface area contributed by atoms with Crippen LogP contribution in [0.25, 0.3) is 0 Å². The number of amides is 1. The van der Waals surface area contributed by atoms with E-state index in [-0.39, 0.29) is 17.2 Å². The standard InChI is InChI=1S/C17H20N2O4S/c1-13-4-7-15(23-13)12-17(20)18-14-5-8-16(9-6-14)24(21,22)19-10-2-3-11-19/h4-9H,2-3,10-12H2,1H3,(H,18,20). The third-order valence-electron chi connectivity index (χ3n) is 3.97. The predicted octanol–water partition coefficient (Wildman–Crippen LogP) is 2.55. The van der Waals surface area contributed by atoms with Crippen LogP contribution in [0.1, 0.15) is 24.4 Å². The molecule has 0 atom stereocenters. The Morgan fingerprint density at radius 3 is 2.38 bits per heavy atom. The van der Waals surface area contributed by atoms with E-state index < -0.39 is 10.0 Å². The number of nitrogens with one attached hydrogen (secondary N) is 1. The minimum Gasteiger partial charge on any atom is -0.466 e. The van der Waals surface area contributed by atoms with Crippen LogP contribution >= 0.6 is 0 Å². The summed E-state index contributed by atoms with van der Waals surface area (Å²) in [5, 5.41) is 2.74. The largest absolute Gasteiger partial charge is 0.466 e. The molecular formula is C17H20N2O4S. The van der Waals surface area contributed by atoms with Crippen molar-refractivity contribution in [2.75, 3.05) is 18.4 Å². The van der Waals surface area contributed by atoms with Gasteiger partial charge in [0.05, 0.1) is 11.3 Å². The number of nitrogens with zero attached hydrogens (tertiary/aromatic N) is 1. The van der Waals surface area contributed by atoms with Crippen molar-refractivity contribution in [3.63, 3.8) is 0 Å². The molecule has 0 unspecified atom stereocenters. The molecule has 0 radical (unpaired) electrons. The summed E-state index contributed by atoms with van der Waals surface area (Å²) in [7, 11) is -3.42. The number of sulfonamides is 1. The van der Waals surface area contributed by atoms with E-state index in [0.717, 1.165) is 18.6 Å². The highest BCUT2D eigenvalue weighted by Gasteiger charge is 2.26. The number of hydrogen-bond acceptors (Lipinski definition) is 4. The van der Waals surface area contributed by atoms with Crippen molar-refractivity contribution in [2.45, 2.75) is 31.1 Å². The average molecular weight is 348 g/mol. The summed E-state index contributed by atoms with van der Waals surface area (Å²) in [6, 6.07) is 9.84. The van der Waals surface area contributed by atoms with Crippen LogP contribution in [0.4, 0.5) is 5.69 Å². The third-order valence-corrected chi connectivity index (χ3v) is 5.88. The number of carbonyl (C=O) groups excluding carboxylic acids is 1. The Morgan fingerprint density at radius 2 is 1.79 bits per heavy atom. The van der Waals surface area contributed by atoms with Gasteiger partial charge in [-0.25, -0.2) is 8.42 Å². The monoisotopic (exact) mass is 348 g/mol. The van der Waals surface area contributed by atoms with Crippen molar-refractivity contribution < 1.29 is 17.6 Å². The van der Waals surface area contributed by atoms with Gasteiger partial charge in [0.25, 0.3) is 0 Å². The first-order valence-electron chi connectivity index (χ1n) is 7.90. The van der Waals surface area contributed by atoms with E-state index >= 15 is 0 Å². The Kier molecular flexibility index (Phi) is 4.73. The fourth-order valence-electron chi connectivity index (χ4n) is 2.73. The highest BCUT2D eigenvalue weighted by atomic mass is 32.2. The molecule has 1 aliphatic rings. The molecule has 0 aliphatic carbocycles. The van der Waals surface area contributed by atoms with Crippen molar-refractivity contribution in [3.05, 3.63) is 47.9 Å². The molecule has 1 saturated heterocycles. The van der Waals surface area contributed by atoms with Crippen LogP contribution in [0, 0.1) is 6.92 Å². The Labute approximate surface area is 141 Å². The fourth-order valence-corrected chi connectivity index (χ4v) is 4.25. The maximum atomic E-state index is 12.4. The van der Waals surface area contributed by atoms with Gasteiger partial charge in [0.15, 0.2) is 0 Å². The van der Waals surface area contributed by atoms with E-state index in [1.807, 2.05) is 6.92 Å². The molecule has 6 nitrogen and oxygen atoms in total.